The molecule has 2 aromatic carbocycles. The number of hydrogen-bond acceptors (Lipinski definition) is 5. The van der Waals surface area contributed by atoms with Crippen molar-refractivity contribution in [1.29, 1.82) is 0 Å². The van der Waals surface area contributed by atoms with Crippen LogP contribution in [0.5, 0.6) is 5.75 Å². The van der Waals surface area contributed by atoms with E-state index in [4.69, 9.17) is 27.9 Å². The predicted octanol–water partition coefficient (Wildman–Crippen LogP) is 4.20. The highest BCUT2D eigenvalue weighted by Gasteiger charge is 2.19. The maximum Gasteiger partial charge on any atom is 0.331 e. The van der Waals surface area contributed by atoms with E-state index < -0.39 is 11.2 Å². The van der Waals surface area contributed by atoms with Gasteiger partial charge in [0, 0.05) is 29.6 Å². The molecule has 0 atom stereocenters. The molecule has 4 rings (SSSR count). The van der Waals surface area contributed by atoms with Crippen LogP contribution in [0.1, 0.15) is 48.9 Å². The minimum Gasteiger partial charge on any atom is -0.495 e. The first kappa shape index (κ1) is 26.0. The van der Waals surface area contributed by atoms with E-state index in [0.717, 1.165) is 30.3 Å². The minimum absolute atomic E-state index is 0.0424. The Kier molecular flexibility index (Phi) is 8.16. The highest BCUT2D eigenvalue weighted by atomic mass is 35.5. The van der Waals surface area contributed by atoms with Gasteiger partial charge in [-0.1, -0.05) is 36.0 Å². The molecule has 1 heterocycles. The van der Waals surface area contributed by atoms with E-state index in [-0.39, 0.29) is 47.7 Å². The summed E-state index contributed by atoms with van der Waals surface area (Å²) >= 11 is 12.3. The molecule has 1 aliphatic rings. The zero-order valence-corrected chi connectivity index (χ0v) is 21.4. The second kappa shape index (κ2) is 11.3. The molecule has 0 unspecified atom stereocenters. The van der Waals surface area contributed by atoms with Crippen LogP contribution in [-0.4, -0.2) is 34.0 Å². The van der Waals surface area contributed by atoms with Crippen molar-refractivity contribution >= 4 is 45.8 Å². The zero-order chi connectivity index (χ0) is 25.8. The molecule has 0 radical (unpaired) electrons. The Labute approximate surface area is 217 Å². The summed E-state index contributed by atoms with van der Waals surface area (Å²) in [5.74, 6) is -0.0271. The topological polar surface area (TPSA) is 99.4 Å². The molecule has 1 aromatic heterocycles. The number of nitrogens with zero attached hydrogens (tertiary/aromatic N) is 2. The zero-order valence-electron chi connectivity index (χ0n) is 19.9. The lowest BCUT2D eigenvalue weighted by atomic mass is 10.1. The number of carbonyl (C=O) groups excluding carboxylic acids is 2. The number of carbonyl (C=O) groups is 2. The first-order chi connectivity index (χ1) is 17.3. The van der Waals surface area contributed by atoms with Gasteiger partial charge in [-0.25, -0.2) is 4.79 Å². The molecule has 0 aliphatic heterocycles. The largest absolute Gasteiger partial charge is 0.495 e. The number of rotatable bonds is 9. The highest BCUT2D eigenvalue weighted by Crippen LogP contribution is 2.25. The number of benzene rings is 2. The van der Waals surface area contributed by atoms with Gasteiger partial charge in [0.05, 0.1) is 29.6 Å². The number of Topliss-reactive ketones (excluding diaryl/α,β-unsaturated/α-hetero) is 1. The fraction of sp³-hybridized carbons (Fsp3) is 0.385. The van der Waals surface area contributed by atoms with Gasteiger partial charge in [-0.3, -0.25) is 23.5 Å². The molecule has 1 amide bonds. The highest BCUT2D eigenvalue weighted by molar-refractivity contribution is 6.32. The number of methoxy groups -OCH3 is 1. The number of nitrogens with one attached hydrogen (secondary N) is 1. The first-order valence-electron chi connectivity index (χ1n) is 11.9. The fourth-order valence-electron chi connectivity index (χ4n) is 4.59. The average Bonchev–Trinajstić information content (AvgIpc) is 3.36. The summed E-state index contributed by atoms with van der Waals surface area (Å²) in [6, 6.07) is 9.42. The van der Waals surface area contributed by atoms with Gasteiger partial charge in [0.15, 0.2) is 5.78 Å². The van der Waals surface area contributed by atoms with Crippen LogP contribution in [0, 0.1) is 0 Å². The van der Waals surface area contributed by atoms with E-state index >= 15 is 0 Å². The summed E-state index contributed by atoms with van der Waals surface area (Å²) in [7, 11) is 1.47. The predicted molar refractivity (Wildman–Crippen MR) is 139 cm³/mol. The number of ether oxygens (including phenoxy) is 1. The van der Waals surface area contributed by atoms with Gasteiger partial charge in [-0.05, 0) is 55.7 Å². The third kappa shape index (κ3) is 5.65. The summed E-state index contributed by atoms with van der Waals surface area (Å²) in [5, 5.41) is 3.83. The lowest BCUT2D eigenvalue weighted by Crippen LogP contribution is -2.41. The Bertz CT molecular complexity index is 1420. The Morgan fingerprint density at radius 3 is 2.50 bits per heavy atom. The second-order valence-corrected chi connectivity index (χ2v) is 9.76. The second-order valence-electron chi connectivity index (χ2n) is 8.91. The van der Waals surface area contributed by atoms with Crippen LogP contribution in [0.3, 0.4) is 0 Å². The average molecular weight is 532 g/mol. The number of halogens is 2. The van der Waals surface area contributed by atoms with E-state index in [1.165, 1.54) is 23.8 Å². The molecule has 1 saturated carbocycles. The molecule has 0 bridgehead atoms. The molecule has 36 heavy (non-hydrogen) atoms. The molecule has 10 heteroatoms. The van der Waals surface area contributed by atoms with Crippen molar-refractivity contribution in [2.75, 3.05) is 7.11 Å². The summed E-state index contributed by atoms with van der Waals surface area (Å²) in [6.45, 7) is -0.261. The molecule has 190 valence electrons. The summed E-state index contributed by atoms with van der Waals surface area (Å²) < 4.78 is 7.45. The van der Waals surface area contributed by atoms with E-state index in [1.807, 2.05) is 0 Å². The summed E-state index contributed by atoms with van der Waals surface area (Å²) in [6.07, 6.45) is 4.69. The monoisotopic (exact) mass is 531 g/mol. The Hall–Kier alpha value is -3.10. The van der Waals surface area contributed by atoms with E-state index in [1.54, 1.807) is 24.3 Å². The maximum absolute atomic E-state index is 13.4. The van der Waals surface area contributed by atoms with Crippen molar-refractivity contribution in [2.45, 2.75) is 57.7 Å². The third-order valence-corrected chi connectivity index (χ3v) is 7.00. The third-order valence-electron chi connectivity index (χ3n) is 6.47. The van der Waals surface area contributed by atoms with Gasteiger partial charge < -0.3 is 10.1 Å². The number of aromatic nitrogens is 2. The van der Waals surface area contributed by atoms with Gasteiger partial charge in [0.25, 0.3) is 5.56 Å². The lowest BCUT2D eigenvalue weighted by Gasteiger charge is -2.15. The standard InChI is InChI=1S/C26H27Cl2N3O5/c1-36-23-11-8-16(13-20(23)28)22(32)15-31-21-10-9-17(27)14-19(21)25(34)30(26(31)35)12-4-7-24(33)29-18-5-2-3-6-18/h8-11,13-14,18H,2-7,12,15H2,1H3,(H,29,33). The van der Waals surface area contributed by atoms with Crippen molar-refractivity contribution in [3.8, 4) is 5.75 Å². The molecule has 3 aromatic rings. The van der Waals surface area contributed by atoms with Gasteiger partial charge in [-0.2, -0.15) is 0 Å². The quantitative estimate of drug-likeness (QED) is 0.417. The van der Waals surface area contributed by atoms with Gasteiger partial charge >= 0.3 is 5.69 Å². The number of hydrogen-bond donors (Lipinski definition) is 1. The van der Waals surface area contributed by atoms with E-state index in [9.17, 15) is 19.2 Å². The van der Waals surface area contributed by atoms with Crippen LogP contribution in [-0.2, 0) is 17.9 Å². The van der Waals surface area contributed by atoms with Crippen LogP contribution in [0.25, 0.3) is 10.9 Å². The van der Waals surface area contributed by atoms with Crippen LogP contribution in [0.15, 0.2) is 46.0 Å². The summed E-state index contributed by atoms with van der Waals surface area (Å²) in [4.78, 5) is 51.9. The smallest absolute Gasteiger partial charge is 0.331 e. The van der Waals surface area contributed by atoms with E-state index in [2.05, 4.69) is 5.32 Å². The SMILES string of the molecule is COc1ccc(C(=O)Cn2c(=O)n(CCCC(=O)NC3CCCC3)c(=O)c3cc(Cl)ccc32)cc1Cl. The van der Waals surface area contributed by atoms with Crippen LogP contribution in [0.4, 0.5) is 0 Å². The van der Waals surface area contributed by atoms with Crippen molar-refractivity contribution in [3.05, 3.63) is 72.8 Å². The number of fused-ring (bicyclic) bond motifs is 1. The van der Waals surface area contributed by atoms with Crippen LogP contribution >= 0.6 is 23.2 Å². The Morgan fingerprint density at radius 1 is 1.06 bits per heavy atom. The summed E-state index contributed by atoms with van der Waals surface area (Å²) in [5.41, 5.74) is -0.530. The molecule has 1 aliphatic carbocycles. The van der Waals surface area contributed by atoms with Crippen molar-refractivity contribution in [1.82, 2.24) is 14.5 Å². The van der Waals surface area contributed by atoms with E-state index in [0.29, 0.717) is 28.3 Å². The molecular weight excluding hydrogens is 505 g/mol. The molecule has 1 fully saturated rings. The molecule has 1 N–H and O–H groups in total. The van der Waals surface area contributed by atoms with Crippen LogP contribution < -0.4 is 21.3 Å². The Balaban J connectivity index is 1.61. The normalized spacial score (nSPS) is 13.8. The van der Waals surface area contributed by atoms with Gasteiger partial charge in [0.1, 0.15) is 5.75 Å². The van der Waals surface area contributed by atoms with Crippen molar-refractivity contribution < 1.29 is 14.3 Å². The molecular formula is C26H27Cl2N3O5. The minimum atomic E-state index is -0.626. The first-order valence-corrected chi connectivity index (χ1v) is 12.6. The van der Waals surface area contributed by atoms with Crippen molar-refractivity contribution in [3.63, 3.8) is 0 Å². The fourth-order valence-corrected chi connectivity index (χ4v) is 5.02. The van der Waals surface area contributed by atoms with Crippen molar-refractivity contribution in [2.24, 2.45) is 0 Å². The van der Waals surface area contributed by atoms with Gasteiger partial charge in [0.2, 0.25) is 5.91 Å². The molecule has 8 nitrogen and oxygen atoms in total. The Morgan fingerprint density at radius 2 is 1.81 bits per heavy atom. The number of ketones is 1. The molecule has 0 saturated heterocycles. The lowest BCUT2D eigenvalue weighted by molar-refractivity contribution is -0.121. The number of amides is 1. The molecule has 0 spiro atoms. The maximum atomic E-state index is 13.4. The van der Waals surface area contributed by atoms with Gasteiger partial charge in [-0.15, -0.1) is 0 Å². The van der Waals surface area contributed by atoms with Crippen LogP contribution in [0.2, 0.25) is 10.0 Å².